The fraction of sp³-hybridized carbons (Fsp3) is 0.800. The van der Waals surface area contributed by atoms with E-state index < -0.39 is 6.10 Å². The van der Waals surface area contributed by atoms with Gasteiger partial charge in [-0.15, -0.1) is 0 Å². The van der Waals surface area contributed by atoms with E-state index in [1.54, 1.807) is 6.92 Å². The Morgan fingerprint density at radius 2 is 1.83 bits per heavy atom. The summed E-state index contributed by atoms with van der Waals surface area (Å²) in [6.07, 6.45) is 0.547. The Balaban J connectivity index is 4.59. The number of hydrogen-bond donors (Lipinski definition) is 2. The summed E-state index contributed by atoms with van der Waals surface area (Å²) in [5, 5.41) is 13.0. The van der Waals surface area contributed by atoms with Crippen LogP contribution >= 0.6 is 0 Å². The molecule has 18 heavy (non-hydrogen) atoms. The Labute approximate surface area is 112 Å². The maximum absolute atomic E-state index is 11.9. The number of carbonyl (C=O) groups excluding carboxylic acids is 1. The van der Waals surface area contributed by atoms with Gasteiger partial charge in [0.25, 0.3) is 0 Å². The van der Waals surface area contributed by atoms with Gasteiger partial charge < -0.3 is 10.4 Å². The largest absolute Gasteiger partial charge is 0.387 e. The second-order valence-electron chi connectivity index (χ2n) is 6.83. The molecule has 0 saturated carbocycles. The number of hydrogen-bond acceptors (Lipinski definition) is 2. The van der Waals surface area contributed by atoms with Gasteiger partial charge in [-0.05, 0) is 24.7 Å². The lowest BCUT2D eigenvalue weighted by Crippen LogP contribution is -2.45. The molecule has 2 atom stereocenters. The highest BCUT2D eigenvalue weighted by Gasteiger charge is 2.24. The highest BCUT2D eigenvalue weighted by Crippen LogP contribution is 2.19. The zero-order valence-corrected chi connectivity index (χ0v) is 12.7. The van der Waals surface area contributed by atoms with Crippen LogP contribution in [0.2, 0.25) is 0 Å². The van der Waals surface area contributed by atoms with Gasteiger partial charge in [0.2, 0.25) is 5.91 Å². The Morgan fingerprint density at radius 3 is 2.17 bits per heavy atom. The van der Waals surface area contributed by atoms with Crippen molar-refractivity contribution in [1.29, 1.82) is 0 Å². The van der Waals surface area contributed by atoms with Gasteiger partial charge in [0, 0.05) is 6.42 Å². The molecule has 0 radical (unpaired) electrons. The van der Waals surface area contributed by atoms with E-state index in [1.165, 1.54) is 0 Å². The van der Waals surface area contributed by atoms with Crippen molar-refractivity contribution in [1.82, 2.24) is 5.32 Å². The summed E-state index contributed by atoms with van der Waals surface area (Å²) < 4.78 is 0. The second-order valence-corrected chi connectivity index (χ2v) is 6.83. The fourth-order valence-corrected chi connectivity index (χ4v) is 1.86. The molecule has 3 heteroatoms. The number of nitrogens with one attached hydrogen (secondary N) is 1. The minimum atomic E-state index is -0.670. The maximum Gasteiger partial charge on any atom is 0.220 e. The predicted octanol–water partition coefficient (Wildman–Crippen LogP) is 2.89. The lowest BCUT2D eigenvalue weighted by molar-refractivity contribution is -0.124. The van der Waals surface area contributed by atoms with Crippen molar-refractivity contribution in [2.75, 3.05) is 0 Å². The van der Waals surface area contributed by atoms with E-state index in [2.05, 4.69) is 25.7 Å². The molecule has 0 spiro atoms. The summed E-state index contributed by atoms with van der Waals surface area (Å²) in [4.78, 5) is 11.9. The zero-order valence-electron chi connectivity index (χ0n) is 12.7. The number of rotatable bonds is 6. The molecule has 2 unspecified atom stereocenters. The standard InChI is InChI=1S/C15H29NO2/c1-10(2)8-12(14(18)11(3)4)16-13(17)9-15(5,6)7/h10,12,14,18H,3,8-9H2,1-2,4-7H3,(H,16,17). The van der Waals surface area contributed by atoms with Crippen molar-refractivity contribution in [2.45, 2.75) is 66.5 Å². The van der Waals surface area contributed by atoms with Crippen LogP contribution in [0.3, 0.4) is 0 Å². The third-order valence-corrected chi connectivity index (χ3v) is 2.65. The Bertz CT molecular complexity index is 289. The topological polar surface area (TPSA) is 49.3 Å². The van der Waals surface area contributed by atoms with Crippen LogP contribution in [0.5, 0.6) is 0 Å². The maximum atomic E-state index is 11.9. The highest BCUT2D eigenvalue weighted by molar-refractivity contribution is 5.77. The number of amides is 1. The third kappa shape index (κ3) is 7.49. The molecule has 0 bridgehead atoms. The first-order chi connectivity index (χ1) is 8.03. The van der Waals surface area contributed by atoms with Crippen molar-refractivity contribution in [3.8, 4) is 0 Å². The van der Waals surface area contributed by atoms with Crippen LogP contribution in [-0.2, 0) is 4.79 Å². The summed E-state index contributed by atoms with van der Waals surface area (Å²) >= 11 is 0. The smallest absolute Gasteiger partial charge is 0.220 e. The molecule has 0 aromatic carbocycles. The minimum Gasteiger partial charge on any atom is -0.387 e. The fourth-order valence-electron chi connectivity index (χ4n) is 1.86. The Kier molecular flexibility index (Phi) is 6.61. The summed E-state index contributed by atoms with van der Waals surface area (Å²) in [6.45, 7) is 15.8. The second kappa shape index (κ2) is 6.93. The van der Waals surface area contributed by atoms with Gasteiger partial charge in [-0.3, -0.25) is 4.79 Å². The molecular weight excluding hydrogens is 226 g/mol. The molecule has 0 aliphatic rings. The molecule has 0 aromatic rings. The lowest BCUT2D eigenvalue weighted by Gasteiger charge is -2.27. The van der Waals surface area contributed by atoms with Crippen LogP contribution in [0.4, 0.5) is 0 Å². The van der Waals surface area contributed by atoms with Crippen LogP contribution in [-0.4, -0.2) is 23.2 Å². The van der Waals surface area contributed by atoms with Gasteiger partial charge in [-0.1, -0.05) is 46.8 Å². The van der Waals surface area contributed by atoms with Gasteiger partial charge in [0.1, 0.15) is 0 Å². The van der Waals surface area contributed by atoms with Gasteiger partial charge in [-0.2, -0.15) is 0 Å². The normalized spacial score (nSPS) is 15.3. The molecule has 0 aliphatic heterocycles. The SMILES string of the molecule is C=C(C)C(O)C(CC(C)C)NC(=O)CC(C)(C)C. The summed E-state index contributed by atoms with van der Waals surface area (Å²) in [6, 6.07) is -0.239. The number of aliphatic hydroxyl groups is 1. The molecule has 3 nitrogen and oxygen atoms in total. The third-order valence-electron chi connectivity index (χ3n) is 2.65. The molecule has 0 heterocycles. The van der Waals surface area contributed by atoms with Crippen LogP contribution in [0.15, 0.2) is 12.2 Å². The number of aliphatic hydroxyl groups excluding tert-OH is 1. The molecular formula is C15H29NO2. The first-order valence-corrected chi connectivity index (χ1v) is 6.65. The van der Waals surface area contributed by atoms with Crippen LogP contribution in [0.25, 0.3) is 0 Å². The zero-order chi connectivity index (χ0) is 14.5. The monoisotopic (exact) mass is 255 g/mol. The van der Waals surface area contributed by atoms with Crippen molar-refractivity contribution in [3.63, 3.8) is 0 Å². The van der Waals surface area contributed by atoms with Crippen LogP contribution in [0.1, 0.15) is 54.4 Å². The predicted molar refractivity (Wildman–Crippen MR) is 76.3 cm³/mol. The molecule has 0 fully saturated rings. The summed E-state index contributed by atoms with van der Waals surface area (Å²) in [5.41, 5.74) is 0.650. The van der Waals surface area contributed by atoms with E-state index in [4.69, 9.17) is 0 Å². The average molecular weight is 255 g/mol. The molecule has 0 saturated heterocycles. The molecule has 0 aliphatic carbocycles. The van der Waals surface area contributed by atoms with E-state index in [9.17, 15) is 9.90 Å². The van der Waals surface area contributed by atoms with Gasteiger partial charge in [0.15, 0.2) is 0 Å². The van der Waals surface area contributed by atoms with Gasteiger partial charge in [0.05, 0.1) is 12.1 Å². The van der Waals surface area contributed by atoms with Gasteiger partial charge >= 0.3 is 0 Å². The minimum absolute atomic E-state index is 0.00606. The van der Waals surface area contributed by atoms with Crippen molar-refractivity contribution in [2.24, 2.45) is 11.3 Å². The first kappa shape index (κ1) is 17.2. The van der Waals surface area contributed by atoms with E-state index in [-0.39, 0.29) is 17.4 Å². The van der Waals surface area contributed by atoms with Crippen molar-refractivity contribution in [3.05, 3.63) is 12.2 Å². The van der Waals surface area contributed by atoms with Crippen LogP contribution in [0, 0.1) is 11.3 Å². The lowest BCUT2D eigenvalue weighted by atomic mass is 9.90. The average Bonchev–Trinajstić information content (AvgIpc) is 2.11. The van der Waals surface area contributed by atoms with Crippen LogP contribution < -0.4 is 5.32 Å². The van der Waals surface area contributed by atoms with Crippen molar-refractivity contribution < 1.29 is 9.90 Å². The molecule has 1 amide bonds. The molecule has 106 valence electrons. The quantitative estimate of drug-likeness (QED) is 0.717. The Hall–Kier alpha value is -0.830. The summed E-state index contributed by atoms with van der Waals surface area (Å²) in [5.74, 6) is 0.410. The molecule has 0 aromatic heterocycles. The van der Waals surface area contributed by atoms with Gasteiger partial charge in [-0.25, -0.2) is 0 Å². The molecule has 2 N–H and O–H groups in total. The van der Waals surface area contributed by atoms with Crippen molar-refractivity contribution >= 4 is 5.91 Å². The Morgan fingerprint density at radius 1 is 1.33 bits per heavy atom. The summed E-state index contributed by atoms with van der Waals surface area (Å²) in [7, 11) is 0. The first-order valence-electron chi connectivity index (χ1n) is 6.65. The van der Waals surface area contributed by atoms with E-state index in [1.807, 2.05) is 20.8 Å². The molecule has 0 rings (SSSR count). The van der Waals surface area contributed by atoms with E-state index >= 15 is 0 Å². The number of carbonyl (C=O) groups is 1. The van der Waals surface area contributed by atoms with E-state index in [0.29, 0.717) is 17.9 Å². The van der Waals surface area contributed by atoms with E-state index in [0.717, 1.165) is 6.42 Å². The highest BCUT2D eigenvalue weighted by atomic mass is 16.3.